The van der Waals surface area contributed by atoms with Gasteiger partial charge in [-0.05, 0) is 0 Å². The Morgan fingerprint density at radius 3 is 1.43 bits per heavy atom. The highest BCUT2D eigenvalue weighted by molar-refractivity contribution is 5.78. The van der Waals surface area contributed by atoms with E-state index in [-0.39, 0.29) is 0 Å². The molecule has 12 heteroatoms. The normalized spacial score (nSPS) is 14.5. The number of carbonyl (C=O) groups excluding carboxylic acids is 5. The van der Waals surface area contributed by atoms with Crippen molar-refractivity contribution >= 4 is 35.8 Å². The molecule has 0 aromatic carbocycles. The number of esters is 5. The molecule has 0 bridgehead atoms. The smallest absolute Gasteiger partial charge is 0.349 e. The molecule has 0 radical (unpaired) electrons. The Kier molecular flexibility index (Phi) is 10.2. The molecule has 0 aliphatic carbocycles. The molecule has 0 rings (SSSR count). The molecule has 0 fully saturated rings. The van der Waals surface area contributed by atoms with Crippen molar-refractivity contribution in [1.82, 2.24) is 0 Å². The molecule has 12 nitrogen and oxygen atoms in total. The van der Waals surface area contributed by atoms with Crippen LogP contribution >= 0.6 is 0 Å². The first-order valence-corrected chi connectivity index (χ1v) is 7.90. The summed E-state index contributed by atoms with van der Waals surface area (Å²) < 4.78 is 24.2. The van der Waals surface area contributed by atoms with Crippen molar-refractivity contribution in [1.29, 1.82) is 0 Å². The summed E-state index contributed by atoms with van der Waals surface area (Å²) in [6.07, 6.45) is -7.36. The standard InChI is InChI=1S/C16H22O12/c1-7(17)24-6-12(25-8(2)18)13(26-9(3)19)14(27-10(4)20)15(16(22)23)28-11(5)21/h12-15H,6H2,1-5H3,(H,22,23). The second kappa shape index (κ2) is 11.5. The number of carboxylic acids is 1. The summed E-state index contributed by atoms with van der Waals surface area (Å²) in [6, 6.07) is 0. The van der Waals surface area contributed by atoms with Gasteiger partial charge in [0, 0.05) is 34.6 Å². The van der Waals surface area contributed by atoms with Gasteiger partial charge in [0.25, 0.3) is 0 Å². The minimum atomic E-state index is -2.11. The lowest BCUT2D eigenvalue weighted by molar-refractivity contribution is -0.206. The SMILES string of the molecule is CC(=O)OCC(OC(C)=O)C(OC(C)=O)C(OC(C)=O)C(OC(C)=O)C(=O)O. The minimum absolute atomic E-state index is 0.656. The van der Waals surface area contributed by atoms with E-state index in [0.717, 1.165) is 34.6 Å². The van der Waals surface area contributed by atoms with Crippen LogP contribution < -0.4 is 0 Å². The fourth-order valence-electron chi connectivity index (χ4n) is 2.08. The van der Waals surface area contributed by atoms with Crippen LogP contribution in [0.3, 0.4) is 0 Å². The molecule has 28 heavy (non-hydrogen) atoms. The molecule has 4 atom stereocenters. The third-order valence-electron chi connectivity index (χ3n) is 2.90. The fraction of sp³-hybridized carbons (Fsp3) is 0.625. The van der Waals surface area contributed by atoms with Gasteiger partial charge in [-0.2, -0.15) is 0 Å². The summed E-state index contributed by atoms with van der Waals surface area (Å²) in [4.78, 5) is 68.3. The summed E-state index contributed by atoms with van der Waals surface area (Å²) in [5, 5.41) is 9.37. The number of carboxylic acid groups (broad SMARTS) is 1. The highest BCUT2D eigenvalue weighted by Gasteiger charge is 2.47. The third-order valence-corrected chi connectivity index (χ3v) is 2.90. The lowest BCUT2D eigenvalue weighted by Gasteiger charge is -2.33. The molecule has 4 unspecified atom stereocenters. The van der Waals surface area contributed by atoms with E-state index in [9.17, 15) is 33.9 Å². The van der Waals surface area contributed by atoms with Crippen LogP contribution in [0.15, 0.2) is 0 Å². The van der Waals surface area contributed by atoms with Crippen LogP contribution in [0, 0.1) is 0 Å². The van der Waals surface area contributed by atoms with Crippen LogP contribution in [-0.2, 0) is 52.5 Å². The van der Waals surface area contributed by atoms with Crippen LogP contribution in [0.2, 0.25) is 0 Å². The molecular weight excluding hydrogens is 384 g/mol. The Bertz CT molecular complexity index is 625. The van der Waals surface area contributed by atoms with E-state index in [1.54, 1.807) is 0 Å². The van der Waals surface area contributed by atoms with Gasteiger partial charge in [-0.25, -0.2) is 4.79 Å². The number of hydrogen-bond donors (Lipinski definition) is 1. The van der Waals surface area contributed by atoms with Crippen molar-refractivity contribution in [2.24, 2.45) is 0 Å². The predicted octanol–water partition coefficient (Wildman–Crippen LogP) is -0.639. The molecule has 0 saturated carbocycles. The second-order valence-corrected chi connectivity index (χ2v) is 5.47. The van der Waals surface area contributed by atoms with Crippen molar-refractivity contribution in [3.63, 3.8) is 0 Å². The third kappa shape index (κ3) is 9.50. The molecule has 0 spiro atoms. The maximum atomic E-state index is 11.6. The summed E-state index contributed by atoms with van der Waals surface area (Å²) in [5.74, 6) is -6.40. The highest BCUT2D eigenvalue weighted by Crippen LogP contribution is 2.20. The topological polar surface area (TPSA) is 169 Å². The zero-order valence-electron chi connectivity index (χ0n) is 16.0. The zero-order chi connectivity index (χ0) is 22.0. The molecule has 0 heterocycles. The van der Waals surface area contributed by atoms with Gasteiger partial charge in [0.2, 0.25) is 6.10 Å². The maximum Gasteiger partial charge on any atom is 0.349 e. The Morgan fingerprint density at radius 1 is 0.643 bits per heavy atom. The van der Waals surface area contributed by atoms with E-state index < -0.39 is 66.8 Å². The molecule has 158 valence electrons. The summed E-state index contributed by atoms with van der Waals surface area (Å²) in [5.41, 5.74) is 0. The van der Waals surface area contributed by atoms with Crippen LogP contribution in [-0.4, -0.2) is 71.9 Å². The van der Waals surface area contributed by atoms with Crippen LogP contribution in [0.5, 0.6) is 0 Å². The van der Waals surface area contributed by atoms with Crippen molar-refractivity contribution in [3.8, 4) is 0 Å². The molecule has 1 N–H and O–H groups in total. The first kappa shape index (κ1) is 24.8. The summed E-state index contributed by atoms with van der Waals surface area (Å²) >= 11 is 0. The van der Waals surface area contributed by atoms with E-state index in [1.165, 1.54) is 0 Å². The Labute approximate surface area is 160 Å². The van der Waals surface area contributed by atoms with Gasteiger partial charge in [-0.3, -0.25) is 24.0 Å². The molecule has 0 aromatic heterocycles. The molecule has 0 amide bonds. The average Bonchev–Trinajstić information content (AvgIpc) is 2.51. The molecular formula is C16H22O12. The van der Waals surface area contributed by atoms with Gasteiger partial charge in [0.15, 0.2) is 18.3 Å². The average molecular weight is 406 g/mol. The quantitative estimate of drug-likeness (QED) is 0.360. The van der Waals surface area contributed by atoms with Crippen molar-refractivity contribution < 1.29 is 57.6 Å². The van der Waals surface area contributed by atoms with Crippen molar-refractivity contribution in [3.05, 3.63) is 0 Å². The van der Waals surface area contributed by atoms with E-state index in [1.807, 2.05) is 0 Å². The molecule has 0 aromatic rings. The zero-order valence-corrected chi connectivity index (χ0v) is 16.0. The van der Waals surface area contributed by atoms with Crippen molar-refractivity contribution in [2.45, 2.75) is 59.0 Å². The minimum Gasteiger partial charge on any atom is -0.478 e. The van der Waals surface area contributed by atoms with E-state index in [4.69, 9.17) is 18.9 Å². The number of rotatable bonds is 10. The second-order valence-electron chi connectivity index (χ2n) is 5.47. The fourth-order valence-corrected chi connectivity index (χ4v) is 2.08. The Morgan fingerprint density at radius 2 is 1.07 bits per heavy atom. The van der Waals surface area contributed by atoms with E-state index in [0.29, 0.717) is 0 Å². The van der Waals surface area contributed by atoms with Gasteiger partial charge in [0.05, 0.1) is 0 Å². The van der Waals surface area contributed by atoms with Gasteiger partial charge in [-0.15, -0.1) is 0 Å². The summed E-state index contributed by atoms with van der Waals surface area (Å²) in [6.45, 7) is 4.18. The van der Waals surface area contributed by atoms with E-state index >= 15 is 0 Å². The summed E-state index contributed by atoms with van der Waals surface area (Å²) in [7, 11) is 0. The number of hydrogen-bond acceptors (Lipinski definition) is 11. The lowest BCUT2D eigenvalue weighted by atomic mass is 10.0. The lowest BCUT2D eigenvalue weighted by Crippen LogP contribution is -2.55. The number of aliphatic carboxylic acids is 1. The first-order chi connectivity index (χ1) is 12.8. The van der Waals surface area contributed by atoms with E-state index in [2.05, 4.69) is 4.74 Å². The maximum absolute atomic E-state index is 11.6. The molecule has 0 saturated heterocycles. The van der Waals surface area contributed by atoms with Gasteiger partial charge < -0.3 is 28.8 Å². The Balaban J connectivity index is 6.18. The molecule has 0 aliphatic rings. The monoisotopic (exact) mass is 406 g/mol. The van der Waals surface area contributed by atoms with Crippen LogP contribution in [0.4, 0.5) is 0 Å². The first-order valence-electron chi connectivity index (χ1n) is 7.90. The van der Waals surface area contributed by atoms with Crippen molar-refractivity contribution in [2.75, 3.05) is 6.61 Å². The number of carbonyl (C=O) groups is 6. The largest absolute Gasteiger partial charge is 0.478 e. The Hall–Kier alpha value is -3.18. The highest BCUT2D eigenvalue weighted by atomic mass is 16.6. The van der Waals surface area contributed by atoms with Gasteiger partial charge >= 0.3 is 35.8 Å². The van der Waals surface area contributed by atoms with Crippen LogP contribution in [0.1, 0.15) is 34.6 Å². The van der Waals surface area contributed by atoms with Gasteiger partial charge in [0.1, 0.15) is 6.61 Å². The predicted molar refractivity (Wildman–Crippen MR) is 86.5 cm³/mol. The number of ether oxygens (including phenoxy) is 5. The van der Waals surface area contributed by atoms with Crippen LogP contribution in [0.25, 0.3) is 0 Å². The van der Waals surface area contributed by atoms with Gasteiger partial charge in [-0.1, -0.05) is 0 Å². The molecule has 0 aliphatic heterocycles.